The lowest BCUT2D eigenvalue weighted by atomic mass is 10.00. The highest BCUT2D eigenvalue weighted by Crippen LogP contribution is 2.36. The molecule has 0 amide bonds. The van der Waals surface area contributed by atoms with Crippen LogP contribution in [0.4, 0.5) is 0 Å². The van der Waals surface area contributed by atoms with E-state index in [-0.39, 0.29) is 12.2 Å². The molecule has 5 rings (SSSR count). The molecule has 1 unspecified atom stereocenters. The van der Waals surface area contributed by atoms with Crippen LogP contribution in [0.15, 0.2) is 78.9 Å². The lowest BCUT2D eigenvalue weighted by Crippen LogP contribution is -2.35. The number of hydrogen-bond acceptors (Lipinski definition) is 4. The van der Waals surface area contributed by atoms with E-state index in [1.807, 2.05) is 0 Å². The van der Waals surface area contributed by atoms with Crippen LogP contribution in [0.5, 0.6) is 0 Å². The van der Waals surface area contributed by atoms with Gasteiger partial charge in [0.2, 0.25) is 0 Å². The maximum atomic E-state index is 6.75. The van der Waals surface area contributed by atoms with Gasteiger partial charge in [-0.2, -0.15) is 0 Å². The molecule has 3 nitrogen and oxygen atoms in total. The summed E-state index contributed by atoms with van der Waals surface area (Å²) in [4.78, 5) is 7.33. The predicted molar refractivity (Wildman–Crippen MR) is 125 cm³/mol. The standard InChI is InChI=1S/C26H26N2OS/c1-28-16-14-22(15-17-28)29-25(26-27-23-12-5-6-13-24(23)30-26)21-11-7-10-20(18-21)19-8-3-2-4-9-19/h2-13,18,22,25H,14-17H2,1H3. The Bertz CT molecular complexity index is 1080. The van der Waals surface area contributed by atoms with Crippen LogP contribution in [-0.2, 0) is 4.74 Å². The van der Waals surface area contributed by atoms with Crippen molar-refractivity contribution < 1.29 is 4.74 Å². The molecule has 2 heterocycles. The SMILES string of the molecule is CN1CCC(OC(c2cccc(-c3ccccc3)c2)c2nc3ccccc3s2)CC1. The van der Waals surface area contributed by atoms with Gasteiger partial charge in [-0.15, -0.1) is 11.3 Å². The first-order valence-corrected chi connectivity index (χ1v) is 11.4. The van der Waals surface area contributed by atoms with Gasteiger partial charge in [-0.1, -0.05) is 60.7 Å². The zero-order valence-electron chi connectivity index (χ0n) is 17.2. The predicted octanol–water partition coefficient (Wildman–Crippen LogP) is 6.16. The largest absolute Gasteiger partial charge is 0.363 e. The van der Waals surface area contributed by atoms with Crippen molar-refractivity contribution in [3.8, 4) is 11.1 Å². The van der Waals surface area contributed by atoms with Crippen molar-refractivity contribution in [1.29, 1.82) is 0 Å². The number of aromatic nitrogens is 1. The highest BCUT2D eigenvalue weighted by molar-refractivity contribution is 7.18. The van der Waals surface area contributed by atoms with E-state index in [4.69, 9.17) is 9.72 Å². The van der Waals surface area contributed by atoms with Gasteiger partial charge in [-0.3, -0.25) is 0 Å². The molecule has 0 bridgehead atoms. The fraction of sp³-hybridized carbons (Fsp3) is 0.269. The number of para-hydroxylation sites is 1. The van der Waals surface area contributed by atoms with E-state index in [1.165, 1.54) is 21.4 Å². The van der Waals surface area contributed by atoms with Crippen LogP contribution in [0.1, 0.15) is 29.5 Å². The Hall–Kier alpha value is -2.53. The first-order chi connectivity index (χ1) is 14.8. The Morgan fingerprint density at radius 3 is 2.43 bits per heavy atom. The third-order valence-electron chi connectivity index (χ3n) is 5.83. The lowest BCUT2D eigenvalue weighted by Gasteiger charge is -2.31. The van der Waals surface area contributed by atoms with Crippen molar-refractivity contribution in [2.24, 2.45) is 0 Å². The maximum absolute atomic E-state index is 6.75. The third kappa shape index (κ3) is 4.17. The summed E-state index contributed by atoms with van der Waals surface area (Å²) in [6.45, 7) is 2.17. The number of benzene rings is 3. The van der Waals surface area contributed by atoms with Gasteiger partial charge in [-0.05, 0) is 54.8 Å². The Morgan fingerprint density at radius 2 is 1.63 bits per heavy atom. The minimum Gasteiger partial charge on any atom is -0.363 e. The van der Waals surface area contributed by atoms with Crippen LogP contribution < -0.4 is 0 Å². The first kappa shape index (κ1) is 19.4. The Kier molecular flexibility index (Phi) is 5.63. The first-order valence-electron chi connectivity index (χ1n) is 10.6. The van der Waals surface area contributed by atoms with Crippen molar-refractivity contribution >= 4 is 21.6 Å². The normalized spacial score (nSPS) is 16.7. The molecule has 1 fully saturated rings. The quantitative estimate of drug-likeness (QED) is 0.391. The van der Waals surface area contributed by atoms with Gasteiger partial charge >= 0.3 is 0 Å². The Morgan fingerprint density at radius 1 is 0.900 bits per heavy atom. The molecule has 4 aromatic rings. The molecule has 0 N–H and O–H groups in total. The summed E-state index contributed by atoms with van der Waals surface area (Å²) in [5, 5.41) is 1.04. The maximum Gasteiger partial charge on any atom is 0.134 e. The summed E-state index contributed by atoms with van der Waals surface area (Å²) in [5.74, 6) is 0. The van der Waals surface area contributed by atoms with Gasteiger partial charge in [0.25, 0.3) is 0 Å². The molecule has 1 saturated heterocycles. The minimum absolute atomic E-state index is 0.139. The third-order valence-corrected chi connectivity index (χ3v) is 6.90. The van der Waals surface area contributed by atoms with Crippen LogP contribution in [-0.4, -0.2) is 36.1 Å². The second-order valence-electron chi connectivity index (χ2n) is 8.03. The van der Waals surface area contributed by atoms with Crippen molar-refractivity contribution in [2.75, 3.05) is 20.1 Å². The summed E-state index contributed by atoms with van der Waals surface area (Å²) < 4.78 is 7.97. The molecule has 1 aliphatic heterocycles. The number of nitrogens with zero attached hydrogens (tertiary/aromatic N) is 2. The summed E-state index contributed by atoms with van der Waals surface area (Å²) >= 11 is 1.74. The molecule has 0 radical (unpaired) electrons. The van der Waals surface area contributed by atoms with E-state index in [0.29, 0.717) is 0 Å². The number of ether oxygens (including phenoxy) is 1. The number of likely N-dealkylation sites (tertiary alicyclic amines) is 1. The van der Waals surface area contributed by atoms with Gasteiger partial charge in [-0.25, -0.2) is 4.98 Å². The van der Waals surface area contributed by atoms with E-state index in [2.05, 4.69) is 90.8 Å². The zero-order valence-corrected chi connectivity index (χ0v) is 18.0. The van der Waals surface area contributed by atoms with Crippen LogP contribution in [0.3, 0.4) is 0 Å². The van der Waals surface area contributed by atoms with Crippen molar-refractivity contribution in [1.82, 2.24) is 9.88 Å². The number of fused-ring (bicyclic) bond motifs is 1. The monoisotopic (exact) mass is 414 g/mol. The number of rotatable bonds is 5. The number of piperidine rings is 1. The van der Waals surface area contributed by atoms with Crippen LogP contribution in [0.2, 0.25) is 0 Å². The molecule has 0 spiro atoms. The highest BCUT2D eigenvalue weighted by Gasteiger charge is 2.26. The van der Waals surface area contributed by atoms with Crippen molar-refractivity contribution in [2.45, 2.75) is 25.0 Å². The van der Waals surface area contributed by atoms with Gasteiger partial charge < -0.3 is 9.64 Å². The van der Waals surface area contributed by atoms with Crippen LogP contribution in [0, 0.1) is 0 Å². The molecule has 3 aromatic carbocycles. The summed E-state index contributed by atoms with van der Waals surface area (Å²) in [6.07, 6.45) is 2.25. The lowest BCUT2D eigenvalue weighted by molar-refractivity contribution is -0.0234. The fourth-order valence-electron chi connectivity index (χ4n) is 4.11. The zero-order chi connectivity index (χ0) is 20.3. The Labute approximate surface area is 182 Å². The van der Waals surface area contributed by atoms with Crippen molar-refractivity contribution in [3.05, 3.63) is 89.4 Å². The molecule has 30 heavy (non-hydrogen) atoms. The van der Waals surface area contributed by atoms with Gasteiger partial charge in [0.05, 0.1) is 16.3 Å². The van der Waals surface area contributed by atoms with Gasteiger partial charge in [0.1, 0.15) is 11.1 Å². The molecule has 1 aliphatic rings. The number of hydrogen-bond donors (Lipinski definition) is 0. The minimum atomic E-state index is -0.139. The van der Waals surface area contributed by atoms with Crippen LogP contribution in [0.25, 0.3) is 21.3 Å². The molecular formula is C26H26N2OS. The molecule has 0 aliphatic carbocycles. The fourth-order valence-corrected chi connectivity index (χ4v) is 5.14. The molecule has 152 valence electrons. The molecule has 1 aromatic heterocycles. The second-order valence-corrected chi connectivity index (χ2v) is 9.09. The Balaban J connectivity index is 1.52. The molecule has 4 heteroatoms. The smallest absolute Gasteiger partial charge is 0.134 e. The second kappa shape index (κ2) is 8.68. The van der Waals surface area contributed by atoms with E-state index < -0.39 is 0 Å². The summed E-state index contributed by atoms with van der Waals surface area (Å²) in [6, 6.07) is 27.6. The van der Waals surface area contributed by atoms with Gasteiger partial charge in [0.15, 0.2) is 0 Å². The summed E-state index contributed by atoms with van der Waals surface area (Å²) in [5.41, 5.74) is 4.66. The summed E-state index contributed by atoms with van der Waals surface area (Å²) in [7, 11) is 2.19. The average Bonchev–Trinajstić information content (AvgIpc) is 3.23. The van der Waals surface area contributed by atoms with E-state index in [9.17, 15) is 0 Å². The highest BCUT2D eigenvalue weighted by atomic mass is 32.1. The number of thiazole rings is 1. The molecule has 1 atom stereocenters. The molecule has 0 saturated carbocycles. The van der Waals surface area contributed by atoms with E-state index >= 15 is 0 Å². The van der Waals surface area contributed by atoms with Crippen molar-refractivity contribution in [3.63, 3.8) is 0 Å². The molecular weight excluding hydrogens is 388 g/mol. The van der Waals surface area contributed by atoms with E-state index in [1.54, 1.807) is 11.3 Å². The van der Waals surface area contributed by atoms with Gasteiger partial charge in [0, 0.05) is 13.1 Å². The topological polar surface area (TPSA) is 25.4 Å². The van der Waals surface area contributed by atoms with E-state index in [0.717, 1.165) is 36.5 Å². The average molecular weight is 415 g/mol. The van der Waals surface area contributed by atoms with Crippen LogP contribution >= 0.6 is 11.3 Å².